The number of carbonyl (C=O) groups excluding carboxylic acids is 1. The second-order valence-electron chi connectivity index (χ2n) is 7.66. The summed E-state index contributed by atoms with van der Waals surface area (Å²) in [5, 5.41) is 13.0. The molecule has 0 aromatic heterocycles. The molecule has 0 aliphatic carbocycles. The van der Waals surface area contributed by atoms with Crippen LogP contribution in [0.1, 0.15) is 40.3 Å². The first-order valence-electron chi connectivity index (χ1n) is 10.3. The molecule has 0 unspecified atom stereocenters. The van der Waals surface area contributed by atoms with Gasteiger partial charge in [0.05, 0.1) is 0 Å². The monoisotopic (exact) mass is 428 g/mol. The van der Waals surface area contributed by atoms with Gasteiger partial charge in [-0.1, -0.05) is 78.2 Å². The average Bonchev–Trinajstić information content (AvgIpc) is 2.73. The smallest absolute Gasteiger partial charge is 0.266 e. The number of aryl methyl sites for hydroxylation is 3. The molecule has 3 rings (SSSR count). The maximum Gasteiger partial charge on any atom is 0.266 e. The van der Waals surface area contributed by atoms with Gasteiger partial charge in [-0.2, -0.15) is 5.26 Å². The lowest BCUT2D eigenvalue weighted by Gasteiger charge is -2.10. The zero-order valence-corrected chi connectivity index (χ0v) is 18.8. The Morgan fingerprint density at radius 3 is 2.39 bits per heavy atom. The van der Waals surface area contributed by atoms with E-state index in [2.05, 4.69) is 37.4 Å². The van der Waals surface area contributed by atoms with Crippen LogP contribution in [0, 0.1) is 25.2 Å². The molecule has 3 aromatic carbocycles. The van der Waals surface area contributed by atoms with Crippen molar-refractivity contribution in [2.45, 2.75) is 33.6 Å². The van der Waals surface area contributed by atoms with Crippen molar-refractivity contribution in [3.05, 3.63) is 105 Å². The first-order valence-corrected chi connectivity index (χ1v) is 10.6. The van der Waals surface area contributed by atoms with Gasteiger partial charge in [-0.05, 0) is 67.2 Å². The summed E-state index contributed by atoms with van der Waals surface area (Å²) >= 11 is 6.52. The van der Waals surface area contributed by atoms with Gasteiger partial charge < -0.3 is 5.32 Å². The fraction of sp³-hybridized carbons (Fsp3) is 0.185. The topological polar surface area (TPSA) is 52.9 Å². The minimum atomic E-state index is -0.432. The SMILES string of the molecule is CCc1ccccc1NC(=O)/C(C#N)=C/c1ccc(Cc2cc(C)cc(C)c2)c(Cl)c1. The molecule has 31 heavy (non-hydrogen) atoms. The number of carbonyl (C=O) groups is 1. The van der Waals surface area contributed by atoms with Crippen molar-refractivity contribution in [2.24, 2.45) is 0 Å². The number of hydrogen-bond donors (Lipinski definition) is 1. The number of hydrogen-bond acceptors (Lipinski definition) is 2. The van der Waals surface area contributed by atoms with Gasteiger partial charge >= 0.3 is 0 Å². The summed E-state index contributed by atoms with van der Waals surface area (Å²) in [4.78, 5) is 12.6. The number of nitrogens with zero attached hydrogens (tertiary/aromatic N) is 1. The normalized spacial score (nSPS) is 11.1. The van der Waals surface area contributed by atoms with Crippen molar-refractivity contribution in [1.29, 1.82) is 5.26 Å². The summed E-state index contributed by atoms with van der Waals surface area (Å²) in [7, 11) is 0. The van der Waals surface area contributed by atoms with Crippen LogP contribution >= 0.6 is 11.6 Å². The first-order chi connectivity index (χ1) is 14.9. The van der Waals surface area contributed by atoms with Crippen molar-refractivity contribution in [2.75, 3.05) is 5.32 Å². The third-order valence-corrected chi connectivity index (χ3v) is 5.43. The molecule has 0 saturated carbocycles. The highest BCUT2D eigenvalue weighted by atomic mass is 35.5. The summed E-state index contributed by atoms with van der Waals surface area (Å²) in [6, 6.07) is 21.7. The van der Waals surface area contributed by atoms with Crippen LogP contribution in [0.25, 0.3) is 6.08 Å². The van der Waals surface area contributed by atoms with E-state index in [-0.39, 0.29) is 5.57 Å². The van der Waals surface area contributed by atoms with Crippen LogP contribution in [0.2, 0.25) is 5.02 Å². The maximum atomic E-state index is 12.6. The van der Waals surface area contributed by atoms with Gasteiger partial charge in [-0.15, -0.1) is 0 Å². The van der Waals surface area contributed by atoms with Gasteiger partial charge in [0.25, 0.3) is 5.91 Å². The molecular weight excluding hydrogens is 404 g/mol. The molecule has 0 bridgehead atoms. The van der Waals surface area contributed by atoms with E-state index in [1.165, 1.54) is 16.7 Å². The van der Waals surface area contributed by atoms with Crippen LogP contribution in [0.3, 0.4) is 0 Å². The fourth-order valence-corrected chi connectivity index (χ4v) is 3.90. The molecule has 156 valence electrons. The second-order valence-corrected chi connectivity index (χ2v) is 8.07. The lowest BCUT2D eigenvalue weighted by Crippen LogP contribution is -2.14. The van der Waals surface area contributed by atoms with Gasteiger partial charge in [0.2, 0.25) is 0 Å². The number of amides is 1. The number of anilines is 1. The third-order valence-electron chi connectivity index (χ3n) is 5.08. The Balaban J connectivity index is 1.80. The van der Waals surface area contributed by atoms with E-state index in [1.807, 2.05) is 49.4 Å². The summed E-state index contributed by atoms with van der Waals surface area (Å²) in [6.45, 7) is 6.19. The summed E-state index contributed by atoms with van der Waals surface area (Å²) in [6.07, 6.45) is 3.08. The quantitative estimate of drug-likeness (QED) is 0.352. The molecule has 0 aliphatic rings. The lowest BCUT2D eigenvalue weighted by atomic mass is 9.99. The molecule has 3 nitrogen and oxygen atoms in total. The van der Waals surface area contributed by atoms with Gasteiger partial charge in [0, 0.05) is 10.7 Å². The molecule has 0 atom stereocenters. The van der Waals surface area contributed by atoms with Crippen molar-refractivity contribution in [3.8, 4) is 6.07 Å². The molecule has 0 radical (unpaired) electrons. The molecule has 1 amide bonds. The van der Waals surface area contributed by atoms with Crippen LogP contribution in [0.15, 0.2) is 66.2 Å². The Labute approximate surface area is 189 Å². The van der Waals surface area contributed by atoms with Gasteiger partial charge in [-0.25, -0.2) is 0 Å². The molecule has 0 heterocycles. The van der Waals surface area contributed by atoms with Crippen molar-refractivity contribution >= 4 is 29.3 Å². The van der Waals surface area contributed by atoms with Crippen LogP contribution in [-0.2, 0) is 17.6 Å². The average molecular weight is 429 g/mol. The summed E-state index contributed by atoms with van der Waals surface area (Å²) < 4.78 is 0. The molecule has 4 heteroatoms. The number of nitriles is 1. The molecular formula is C27H25ClN2O. The number of halogens is 1. The third kappa shape index (κ3) is 5.84. The largest absolute Gasteiger partial charge is 0.321 e. The predicted octanol–water partition coefficient (Wildman–Crippen LogP) is 6.66. The van der Waals surface area contributed by atoms with Gasteiger partial charge in [-0.3, -0.25) is 4.79 Å². The molecule has 0 saturated heterocycles. The number of benzene rings is 3. The highest BCUT2D eigenvalue weighted by molar-refractivity contribution is 6.31. The number of para-hydroxylation sites is 1. The summed E-state index contributed by atoms with van der Waals surface area (Å²) in [5.74, 6) is -0.432. The first kappa shape index (κ1) is 22.3. The fourth-order valence-electron chi connectivity index (χ4n) is 3.64. The standard InChI is InChI=1S/C27H25ClN2O/c1-4-22-7-5-6-8-26(22)30-27(31)24(17-29)14-20-9-10-23(25(28)16-20)15-21-12-18(2)11-19(3)13-21/h5-14,16H,4,15H2,1-3H3,(H,30,31)/b24-14+. The Morgan fingerprint density at radius 2 is 1.74 bits per heavy atom. The molecule has 0 fully saturated rings. The summed E-state index contributed by atoms with van der Waals surface area (Å²) in [5.41, 5.74) is 7.14. The minimum Gasteiger partial charge on any atom is -0.321 e. The van der Waals surface area contributed by atoms with Crippen molar-refractivity contribution < 1.29 is 4.79 Å². The minimum absolute atomic E-state index is 0.0315. The highest BCUT2D eigenvalue weighted by Gasteiger charge is 2.12. The van der Waals surface area contributed by atoms with Crippen molar-refractivity contribution in [1.82, 2.24) is 0 Å². The van der Waals surface area contributed by atoms with Crippen molar-refractivity contribution in [3.63, 3.8) is 0 Å². The van der Waals surface area contributed by atoms with E-state index in [4.69, 9.17) is 11.6 Å². The van der Waals surface area contributed by atoms with E-state index in [0.29, 0.717) is 10.6 Å². The highest BCUT2D eigenvalue weighted by Crippen LogP contribution is 2.24. The van der Waals surface area contributed by atoms with E-state index < -0.39 is 5.91 Å². The van der Waals surface area contributed by atoms with Crippen LogP contribution < -0.4 is 5.32 Å². The zero-order valence-electron chi connectivity index (χ0n) is 18.0. The molecule has 3 aromatic rings. The Kier molecular flexibility index (Phi) is 7.28. The Hall–Kier alpha value is -3.35. The lowest BCUT2D eigenvalue weighted by molar-refractivity contribution is -0.112. The molecule has 0 aliphatic heterocycles. The van der Waals surface area contributed by atoms with Gasteiger partial charge in [0.15, 0.2) is 0 Å². The van der Waals surface area contributed by atoms with E-state index in [0.717, 1.165) is 29.7 Å². The second kappa shape index (κ2) is 10.1. The van der Waals surface area contributed by atoms with Crippen LogP contribution in [0.4, 0.5) is 5.69 Å². The van der Waals surface area contributed by atoms with Gasteiger partial charge in [0.1, 0.15) is 11.6 Å². The molecule has 1 N–H and O–H groups in total. The van der Waals surface area contributed by atoms with Crippen LogP contribution in [0.5, 0.6) is 0 Å². The Bertz CT molecular complexity index is 1170. The number of rotatable bonds is 6. The van der Waals surface area contributed by atoms with E-state index >= 15 is 0 Å². The van der Waals surface area contributed by atoms with Crippen LogP contribution in [-0.4, -0.2) is 5.91 Å². The van der Waals surface area contributed by atoms with E-state index in [9.17, 15) is 10.1 Å². The maximum absolute atomic E-state index is 12.6. The zero-order chi connectivity index (χ0) is 22.4. The van der Waals surface area contributed by atoms with E-state index in [1.54, 1.807) is 12.1 Å². The predicted molar refractivity (Wildman–Crippen MR) is 128 cm³/mol. The molecule has 0 spiro atoms. The number of nitrogens with one attached hydrogen (secondary N) is 1. The Morgan fingerprint density at radius 1 is 1.03 bits per heavy atom.